The molecule has 6 rings (SSSR count). The second-order valence-corrected chi connectivity index (χ2v) is 12.5. The predicted octanol–water partition coefficient (Wildman–Crippen LogP) is -1.75. The first-order valence-electron chi connectivity index (χ1n) is 12.4. The van der Waals surface area contributed by atoms with Gasteiger partial charge < -0.3 is 40.6 Å². The van der Waals surface area contributed by atoms with Crippen LogP contribution >= 0.6 is 6.72 Å². The zero-order chi connectivity index (χ0) is 29.8. The van der Waals surface area contributed by atoms with Crippen LogP contribution in [-0.2, 0) is 30.3 Å². The lowest BCUT2D eigenvalue weighted by atomic mass is 9.97. The van der Waals surface area contributed by atoms with Gasteiger partial charge in [-0.15, -0.1) is 5.10 Å². The Labute approximate surface area is 238 Å². The lowest BCUT2D eigenvalue weighted by Gasteiger charge is -2.30. The van der Waals surface area contributed by atoms with Gasteiger partial charge in [-0.2, -0.15) is 14.8 Å². The molecule has 8 N–H and O–H groups in total. The van der Waals surface area contributed by atoms with E-state index in [1.54, 1.807) is 0 Å². The van der Waals surface area contributed by atoms with Gasteiger partial charge in [0.05, 0.1) is 31.2 Å². The smallest absolute Gasteiger partial charge is 0.325 e. The molecule has 2 aliphatic heterocycles. The molecule has 1 unspecified atom stereocenters. The van der Waals surface area contributed by atoms with Crippen molar-refractivity contribution in [1.82, 2.24) is 44.5 Å². The molecule has 0 aromatic carbocycles. The average Bonchev–Trinajstić information content (AvgIpc) is 3.69. The minimum atomic E-state index is -4.26. The third-order valence-electron chi connectivity index (χ3n) is 6.94. The zero-order valence-corrected chi connectivity index (χ0v) is 23.1. The lowest BCUT2D eigenvalue weighted by Crippen LogP contribution is -2.41. The van der Waals surface area contributed by atoms with E-state index in [4.69, 9.17) is 41.8 Å². The monoisotopic (exact) mass is 629 g/mol. The minimum Gasteiger partial charge on any atom is -0.396 e. The Morgan fingerprint density at radius 2 is 2.14 bits per heavy atom. The first kappa shape index (κ1) is 28.8. The molecule has 0 amide bonds. The van der Waals surface area contributed by atoms with Crippen molar-refractivity contribution in [3.05, 3.63) is 28.6 Å². The summed E-state index contributed by atoms with van der Waals surface area (Å²) in [6.07, 6.45) is -3.33. The third-order valence-corrected chi connectivity index (χ3v) is 8.49. The predicted molar refractivity (Wildman–Crippen MR) is 142 cm³/mol. The van der Waals surface area contributed by atoms with Crippen LogP contribution in [0.1, 0.15) is 30.9 Å². The maximum Gasteiger partial charge on any atom is 0.325 e. The van der Waals surface area contributed by atoms with Crippen molar-refractivity contribution >= 4 is 47.1 Å². The fourth-order valence-electron chi connectivity index (χ4n) is 4.91. The quantitative estimate of drug-likeness (QED) is 0.112. The molecule has 0 radical (unpaired) electrons. The highest BCUT2D eigenvalue weighted by Crippen LogP contribution is 2.52. The number of nitrogens with one attached hydrogen (secondary N) is 1. The number of ether oxygens (including phenoxy) is 2. The van der Waals surface area contributed by atoms with Crippen LogP contribution in [0.2, 0.25) is 0 Å². The van der Waals surface area contributed by atoms with E-state index in [0.29, 0.717) is 11.3 Å². The summed E-state index contributed by atoms with van der Waals surface area (Å²) in [4.78, 5) is 37.5. The summed E-state index contributed by atoms with van der Waals surface area (Å²) in [5.41, 5.74) is 8.90. The van der Waals surface area contributed by atoms with Crippen LogP contribution in [0.25, 0.3) is 16.8 Å². The largest absolute Gasteiger partial charge is 0.396 e. The van der Waals surface area contributed by atoms with Gasteiger partial charge in [-0.1, -0.05) is 5.21 Å². The molecule has 2 fully saturated rings. The number of alkyl halides is 1. The second kappa shape index (κ2) is 10.8. The first-order valence-corrected chi connectivity index (χ1v) is 15.0. The number of H-pyrrole nitrogens is 1. The summed E-state index contributed by atoms with van der Waals surface area (Å²) >= 11 is 5.17. The van der Waals surface area contributed by atoms with Crippen LogP contribution in [0, 0.1) is 0 Å². The molecule has 0 aliphatic carbocycles. The molecule has 4 aromatic heterocycles. The maximum atomic E-state index is 16.0. The summed E-state index contributed by atoms with van der Waals surface area (Å²) in [5.74, 6) is -0.0886. The molecule has 2 aliphatic rings. The van der Waals surface area contributed by atoms with Gasteiger partial charge in [0.15, 0.2) is 40.6 Å². The number of hydrogen-bond acceptors (Lipinski definition) is 16. The number of anilines is 2. The number of halogens is 1. The van der Waals surface area contributed by atoms with Crippen molar-refractivity contribution in [2.45, 2.75) is 49.2 Å². The fourth-order valence-corrected chi connectivity index (χ4v) is 6.34. The molecule has 42 heavy (non-hydrogen) atoms. The van der Waals surface area contributed by atoms with E-state index in [2.05, 4.69) is 35.3 Å². The number of rotatable bonds is 9. The van der Waals surface area contributed by atoms with Crippen LogP contribution in [0.4, 0.5) is 16.2 Å². The Morgan fingerprint density at radius 1 is 1.33 bits per heavy atom. The standard InChI is InChI=1S/C20H25FN11O8PS/c21-20(1-2-33)6-37-18(32-15-12(29-30-32)17(35)28-19(23)27-15)13(20)40-41(36,42)38-5-11-9(34)3-10(39-11)8-4-24-16-14(22)25-7-26-31(8)16/h4,7,9-11,13,18,33-34H,1-3,5-6H2,(H,36,42)(H2,22,25,26)(H3,23,27,28,35)/t9-,10+,11+,13-,18+,20+,41?/m0/s1. The molecule has 7 atom stereocenters. The van der Waals surface area contributed by atoms with Crippen LogP contribution in [0.3, 0.4) is 0 Å². The molecule has 0 saturated carbocycles. The Bertz CT molecular complexity index is 1740. The summed E-state index contributed by atoms with van der Waals surface area (Å²) < 4.78 is 41.0. The molecule has 22 heteroatoms. The second-order valence-electron chi connectivity index (χ2n) is 9.69. The van der Waals surface area contributed by atoms with Crippen molar-refractivity contribution < 1.29 is 38.0 Å². The van der Waals surface area contributed by atoms with Crippen molar-refractivity contribution in [2.75, 3.05) is 31.3 Å². The van der Waals surface area contributed by atoms with Crippen molar-refractivity contribution in [1.29, 1.82) is 0 Å². The van der Waals surface area contributed by atoms with Crippen LogP contribution in [0.15, 0.2) is 17.3 Å². The first-order chi connectivity index (χ1) is 20.0. The van der Waals surface area contributed by atoms with Gasteiger partial charge in [0.25, 0.3) is 5.56 Å². The summed E-state index contributed by atoms with van der Waals surface area (Å²) in [5, 5.41) is 31.8. The molecular weight excluding hydrogens is 604 g/mol. The van der Waals surface area contributed by atoms with Gasteiger partial charge in [-0.3, -0.25) is 14.3 Å². The molecule has 2 saturated heterocycles. The maximum absolute atomic E-state index is 16.0. The van der Waals surface area contributed by atoms with Gasteiger partial charge in [0, 0.05) is 19.4 Å². The van der Waals surface area contributed by atoms with Crippen LogP contribution in [-0.4, -0.2) is 103 Å². The van der Waals surface area contributed by atoms with Crippen molar-refractivity contribution in [3.63, 3.8) is 0 Å². The highest BCUT2D eigenvalue weighted by molar-refractivity contribution is 8.07. The number of imidazole rings is 1. The van der Waals surface area contributed by atoms with E-state index >= 15 is 4.39 Å². The Kier molecular flexibility index (Phi) is 7.40. The highest BCUT2D eigenvalue weighted by Gasteiger charge is 2.55. The summed E-state index contributed by atoms with van der Waals surface area (Å²) in [7, 11) is 0. The van der Waals surface area contributed by atoms with Gasteiger partial charge >= 0.3 is 6.72 Å². The van der Waals surface area contributed by atoms with E-state index in [-0.39, 0.29) is 29.4 Å². The Hall–Kier alpha value is -3.27. The van der Waals surface area contributed by atoms with Gasteiger partial charge in [0.2, 0.25) is 5.95 Å². The number of aromatic nitrogens is 9. The van der Waals surface area contributed by atoms with Crippen LogP contribution < -0.4 is 17.0 Å². The Morgan fingerprint density at radius 3 is 2.93 bits per heavy atom. The molecule has 4 aromatic rings. The van der Waals surface area contributed by atoms with Gasteiger partial charge in [-0.25, -0.2) is 18.9 Å². The highest BCUT2D eigenvalue weighted by atomic mass is 32.5. The van der Waals surface area contributed by atoms with E-state index in [9.17, 15) is 19.9 Å². The molecular formula is C20H25FN11O8PS. The van der Waals surface area contributed by atoms with E-state index in [1.807, 2.05) is 0 Å². The van der Waals surface area contributed by atoms with E-state index < -0.39 is 74.8 Å². The molecule has 19 nitrogen and oxygen atoms in total. The number of nitrogens with two attached hydrogens (primary N) is 2. The van der Waals surface area contributed by atoms with Gasteiger partial charge in [-0.05, 0) is 11.8 Å². The number of hydrogen-bond donors (Lipinski definition) is 6. The number of fused-ring (bicyclic) bond motifs is 2. The average molecular weight is 630 g/mol. The molecule has 0 bridgehead atoms. The van der Waals surface area contributed by atoms with Crippen molar-refractivity contribution in [3.8, 4) is 0 Å². The zero-order valence-electron chi connectivity index (χ0n) is 21.4. The molecule has 0 spiro atoms. The SMILES string of the molecule is Nc1nc2c(nnn2[C@@H]2OC[C@](F)(CCO)[C@H]2OP(O)(=S)OC[C@H]2O[C@@H](c3cnc4c(N)ncnn34)C[C@@H]2O)c(=O)[nH]1. The van der Waals surface area contributed by atoms with Gasteiger partial charge in [0.1, 0.15) is 18.5 Å². The lowest BCUT2D eigenvalue weighted by molar-refractivity contribution is -0.0444. The molecule has 6 heterocycles. The summed E-state index contributed by atoms with van der Waals surface area (Å²) in [6, 6.07) is 0. The van der Waals surface area contributed by atoms with E-state index in [0.717, 1.165) is 4.68 Å². The number of aliphatic hydroxyl groups is 2. The fraction of sp³-hybridized carbons (Fsp3) is 0.550. The number of aromatic amines is 1. The molecule has 226 valence electrons. The topological polar surface area (TPSA) is 269 Å². The number of nitrogen functional groups attached to an aromatic ring is 2. The van der Waals surface area contributed by atoms with E-state index in [1.165, 1.54) is 17.0 Å². The normalized spacial score (nSPS) is 29.5. The van der Waals surface area contributed by atoms with Crippen molar-refractivity contribution in [2.24, 2.45) is 0 Å². The number of nitrogens with zero attached hydrogens (tertiary/aromatic N) is 8. The van der Waals surface area contributed by atoms with Crippen LogP contribution in [0.5, 0.6) is 0 Å². The summed E-state index contributed by atoms with van der Waals surface area (Å²) in [6.45, 7) is -5.85. The third kappa shape index (κ3) is 5.12. The Balaban J connectivity index is 1.19. The number of aliphatic hydroxyl groups excluding tert-OH is 2. The minimum absolute atomic E-state index is 0.136.